The minimum Gasteiger partial charge on any atom is -0.484 e. The molecule has 0 unspecified atom stereocenters. The minimum atomic E-state index is -0.157. The lowest BCUT2D eigenvalue weighted by molar-refractivity contribution is -0.123. The summed E-state index contributed by atoms with van der Waals surface area (Å²) in [5.41, 5.74) is 1.18. The van der Waals surface area contributed by atoms with Crippen LogP contribution in [0, 0.1) is 0 Å². The smallest absolute Gasteiger partial charge is 0.257 e. The second-order valence-electron chi connectivity index (χ2n) is 5.52. The van der Waals surface area contributed by atoms with E-state index in [1.807, 2.05) is 38.1 Å². The Morgan fingerprint density at radius 2 is 2.22 bits per heavy atom. The van der Waals surface area contributed by atoms with Crippen LogP contribution in [0.2, 0.25) is 0 Å². The Balaban J connectivity index is 1.73. The number of tetrazole rings is 1. The maximum atomic E-state index is 11.8. The number of amides is 1. The van der Waals surface area contributed by atoms with E-state index < -0.39 is 0 Å². The third-order valence-electron chi connectivity index (χ3n) is 3.40. The van der Waals surface area contributed by atoms with E-state index >= 15 is 0 Å². The zero-order chi connectivity index (χ0) is 16.7. The summed E-state index contributed by atoms with van der Waals surface area (Å²) in [6.07, 6.45) is 1.52. The number of nitrogens with zero attached hydrogens (tertiary/aromatic N) is 4. The van der Waals surface area contributed by atoms with Gasteiger partial charge in [0.05, 0.1) is 6.04 Å². The lowest BCUT2D eigenvalue weighted by atomic mass is 10.2. The van der Waals surface area contributed by atoms with E-state index in [0.29, 0.717) is 18.7 Å². The number of hydrogen-bond acceptors (Lipinski definition) is 5. The Bertz CT molecular complexity index is 639. The molecule has 23 heavy (non-hydrogen) atoms. The zero-order valence-electron chi connectivity index (χ0n) is 13.8. The fourth-order valence-corrected chi connectivity index (χ4v) is 2.15. The fraction of sp³-hybridized carbons (Fsp3) is 0.500. The molecule has 1 aromatic heterocycles. The van der Waals surface area contributed by atoms with Gasteiger partial charge in [0, 0.05) is 13.0 Å². The van der Waals surface area contributed by atoms with Crippen molar-refractivity contribution in [2.24, 2.45) is 0 Å². The van der Waals surface area contributed by atoms with Gasteiger partial charge in [-0.15, -0.1) is 5.10 Å². The third kappa shape index (κ3) is 5.05. The second-order valence-corrected chi connectivity index (χ2v) is 5.52. The van der Waals surface area contributed by atoms with Crippen LogP contribution in [0.4, 0.5) is 0 Å². The van der Waals surface area contributed by atoms with Gasteiger partial charge in [-0.05, 0) is 48.4 Å². The molecular weight excluding hydrogens is 294 g/mol. The van der Waals surface area contributed by atoms with E-state index in [4.69, 9.17) is 4.74 Å². The van der Waals surface area contributed by atoms with Gasteiger partial charge >= 0.3 is 0 Å². The van der Waals surface area contributed by atoms with Crippen molar-refractivity contribution >= 4 is 5.91 Å². The molecule has 124 valence electrons. The Morgan fingerprint density at radius 3 is 2.96 bits per heavy atom. The molecule has 0 fully saturated rings. The van der Waals surface area contributed by atoms with Gasteiger partial charge in [0.1, 0.15) is 5.75 Å². The van der Waals surface area contributed by atoms with Crippen LogP contribution in [0.3, 0.4) is 0 Å². The predicted octanol–water partition coefficient (Wildman–Crippen LogP) is 1.55. The average Bonchev–Trinajstić information content (AvgIpc) is 3.02. The van der Waals surface area contributed by atoms with Gasteiger partial charge in [-0.1, -0.05) is 19.1 Å². The van der Waals surface area contributed by atoms with Crippen molar-refractivity contribution in [3.8, 4) is 5.75 Å². The van der Waals surface area contributed by atoms with Crippen molar-refractivity contribution in [2.75, 3.05) is 13.2 Å². The first-order valence-corrected chi connectivity index (χ1v) is 7.85. The monoisotopic (exact) mass is 317 g/mol. The normalized spacial score (nSPS) is 10.8. The van der Waals surface area contributed by atoms with Crippen LogP contribution in [-0.4, -0.2) is 39.3 Å². The quantitative estimate of drug-likeness (QED) is 0.799. The summed E-state index contributed by atoms with van der Waals surface area (Å²) in [6, 6.07) is 7.96. The van der Waals surface area contributed by atoms with Crippen molar-refractivity contribution in [3.05, 3.63) is 35.7 Å². The molecule has 0 saturated carbocycles. The zero-order valence-corrected chi connectivity index (χ0v) is 13.8. The molecule has 0 saturated heterocycles. The van der Waals surface area contributed by atoms with Gasteiger partial charge in [-0.2, -0.15) is 0 Å². The van der Waals surface area contributed by atoms with E-state index in [0.717, 1.165) is 12.2 Å². The molecule has 0 atom stereocenters. The molecule has 7 heteroatoms. The predicted molar refractivity (Wildman–Crippen MR) is 86.2 cm³/mol. The highest BCUT2D eigenvalue weighted by Crippen LogP contribution is 2.13. The van der Waals surface area contributed by atoms with Crippen LogP contribution >= 0.6 is 0 Å². The molecule has 0 spiro atoms. The van der Waals surface area contributed by atoms with Gasteiger partial charge in [-0.3, -0.25) is 4.79 Å². The van der Waals surface area contributed by atoms with Crippen LogP contribution in [0.25, 0.3) is 0 Å². The Morgan fingerprint density at radius 1 is 1.39 bits per heavy atom. The lowest BCUT2D eigenvalue weighted by Crippen LogP contribution is -2.31. The van der Waals surface area contributed by atoms with E-state index in [-0.39, 0.29) is 18.6 Å². The van der Waals surface area contributed by atoms with Gasteiger partial charge in [0.15, 0.2) is 12.4 Å². The Kier molecular flexibility index (Phi) is 6.08. The van der Waals surface area contributed by atoms with Gasteiger partial charge in [-0.25, -0.2) is 4.68 Å². The second kappa shape index (κ2) is 8.26. The molecule has 0 aliphatic carbocycles. The highest BCUT2D eigenvalue weighted by atomic mass is 16.5. The molecular formula is C16H23N5O2. The maximum Gasteiger partial charge on any atom is 0.257 e. The third-order valence-corrected chi connectivity index (χ3v) is 3.40. The first-order valence-electron chi connectivity index (χ1n) is 7.85. The molecule has 1 heterocycles. The number of ether oxygens (including phenoxy) is 1. The first kappa shape index (κ1) is 16.9. The van der Waals surface area contributed by atoms with Crippen molar-refractivity contribution < 1.29 is 9.53 Å². The number of rotatable bonds is 8. The topological polar surface area (TPSA) is 81.9 Å². The maximum absolute atomic E-state index is 11.8. The van der Waals surface area contributed by atoms with Crippen molar-refractivity contribution in [3.63, 3.8) is 0 Å². The van der Waals surface area contributed by atoms with Crippen LogP contribution in [0.15, 0.2) is 24.3 Å². The summed E-state index contributed by atoms with van der Waals surface area (Å²) in [5, 5.41) is 14.4. The number of hydrogen-bond donors (Lipinski definition) is 1. The largest absolute Gasteiger partial charge is 0.484 e. The first-order chi connectivity index (χ1) is 11.1. The van der Waals surface area contributed by atoms with E-state index in [9.17, 15) is 4.79 Å². The SMILES string of the molecule is CCc1cccc(OCC(=O)NCCc2nnnn2C(C)C)c1. The highest BCUT2D eigenvalue weighted by molar-refractivity contribution is 5.77. The summed E-state index contributed by atoms with van der Waals surface area (Å²) in [4.78, 5) is 11.8. The molecule has 1 amide bonds. The number of aryl methyl sites for hydroxylation is 1. The number of carbonyl (C=O) groups is 1. The molecule has 1 N–H and O–H groups in total. The van der Waals surface area contributed by atoms with Crippen LogP contribution in [0.1, 0.15) is 38.2 Å². The van der Waals surface area contributed by atoms with E-state index in [1.54, 1.807) is 4.68 Å². The molecule has 1 aromatic carbocycles. The van der Waals surface area contributed by atoms with E-state index in [2.05, 4.69) is 27.8 Å². The summed E-state index contributed by atoms with van der Waals surface area (Å²) < 4.78 is 7.25. The van der Waals surface area contributed by atoms with Crippen molar-refractivity contribution in [2.45, 2.75) is 39.7 Å². The van der Waals surface area contributed by atoms with Gasteiger partial charge < -0.3 is 10.1 Å². The summed E-state index contributed by atoms with van der Waals surface area (Å²) in [6.45, 7) is 6.58. The number of nitrogens with one attached hydrogen (secondary N) is 1. The molecule has 0 aliphatic heterocycles. The highest BCUT2D eigenvalue weighted by Gasteiger charge is 2.09. The van der Waals surface area contributed by atoms with Crippen LogP contribution in [-0.2, 0) is 17.6 Å². The standard InChI is InChI=1S/C16H23N5O2/c1-4-13-6-5-7-14(10-13)23-11-16(22)17-9-8-15-18-19-20-21(15)12(2)3/h5-7,10,12H,4,8-9,11H2,1-3H3,(H,17,22). The molecule has 0 aliphatic rings. The number of benzene rings is 1. The average molecular weight is 317 g/mol. The molecule has 7 nitrogen and oxygen atoms in total. The van der Waals surface area contributed by atoms with Crippen LogP contribution in [0.5, 0.6) is 5.75 Å². The molecule has 2 aromatic rings. The van der Waals surface area contributed by atoms with E-state index in [1.165, 1.54) is 5.56 Å². The van der Waals surface area contributed by atoms with Crippen LogP contribution < -0.4 is 10.1 Å². The summed E-state index contributed by atoms with van der Waals surface area (Å²) in [5.74, 6) is 1.32. The fourth-order valence-electron chi connectivity index (χ4n) is 2.15. The molecule has 0 bridgehead atoms. The van der Waals surface area contributed by atoms with Crippen molar-refractivity contribution in [1.82, 2.24) is 25.5 Å². The number of carbonyl (C=O) groups excluding carboxylic acids is 1. The summed E-state index contributed by atoms with van der Waals surface area (Å²) in [7, 11) is 0. The summed E-state index contributed by atoms with van der Waals surface area (Å²) >= 11 is 0. The van der Waals surface area contributed by atoms with Crippen molar-refractivity contribution in [1.29, 1.82) is 0 Å². The molecule has 0 radical (unpaired) electrons. The lowest BCUT2D eigenvalue weighted by Gasteiger charge is -2.09. The van der Waals surface area contributed by atoms with Gasteiger partial charge in [0.2, 0.25) is 0 Å². The molecule has 2 rings (SSSR count). The minimum absolute atomic E-state index is 0.00227. The Labute approximate surface area is 136 Å². The Hall–Kier alpha value is -2.44. The van der Waals surface area contributed by atoms with Gasteiger partial charge in [0.25, 0.3) is 5.91 Å². The number of aromatic nitrogens is 4.